The molecule has 0 aliphatic rings. The molecule has 1 rings (SSSR count). The Bertz CT molecular complexity index is 679. The van der Waals surface area contributed by atoms with Crippen molar-refractivity contribution in [2.45, 2.75) is 20.3 Å². The van der Waals surface area contributed by atoms with Crippen molar-refractivity contribution < 1.29 is 22.4 Å². The Balaban J connectivity index is 2.42. The number of carbonyl (C=O) groups excluding carboxylic acids is 2. The van der Waals surface area contributed by atoms with Crippen molar-refractivity contribution in [1.82, 2.24) is 10.6 Å². The van der Waals surface area contributed by atoms with Crippen LogP contribution in [0.5, 0.6) is 0 Å². The molecule has 1 atom stereocenters. The molecular weight excluding hydrogens is 337 g/mol. The van der Waals surface area contributed by atoms with Crippen molar-refractivity contribution in [1.29, 1.82) is 0 Å². The zero-order valence-corrected chi connectivity index (χ0v) is 14.5. The fourth-order valence-corrected chi connectivity index (χ4v) is 3.30. The van der Waals surface area contributed by atoms with Gasteiger partial charge in [-0.1, -0.05) is 13.0 Å². The zero-order chi connectivity index (χ0) is 18.2. The van der Waals surface area contributed by atoms with Gasteiger partial charge in [0, 0.05) is 20.0 Å². The molecule has 7 nitrogen and oxygen atoms in total. The minimum absolute atomic E-state index is 0.109. The summed E-state index contributed by atoms with van der Waals surface area (Å²) in [6, 6.07) is 5.07. The largest absolute Gasteiger partial charge is 0.356 e. The summed E-state index contributed by atoms with van der Waals surface area (Å²) in [5.41, 5.74) is 0.109. The molecule has 0 radical (unpaired) electrons. The maximum atomic E-state index is 13.1. The Morgan fingerprint density at radius 3 is 2.50 bits per heavy atom. The van der Waals surface area contributed by atoms with E-state index in [2.05, 4.69) is 15.4 Å². The van der Waals surface area contributed by atoms with Crippen molar-refractivity contribution in [2.75, 3.05) is 23.6 Å². The lowest BCUT2D eigenvalue weighted by Crippen LogP contribution is -2.36. The highest BCUT2D eigenvalue weighted by Crippen LogP contribution is 2.12. The number of halogens is 1. The van der Waals surface area contributed by atoms with Gasteiger partial charge in [0.25, 0.3) is 0 Å². The molecule has 0 saturated heterocycles. The van der Waals surface area contributed by atoms with Crippen LogP contribution in [-0.2, 0) is 19.6 Å². The highest BCUT2D eigenvalue weighted by Gasteiger charge is 2.21. The van der Waals surface area contributed by atoms with E-state index in [4.69, 9.17) is 0 Å². The third kappa shape index (κ3) is 7.91. The number of anilines is 1. The average Bonchev–Trinajstić information content (AvgIpc) is 2.45. The molecule has 0 saturated carbocycles. The topological polar surface area (TPSA) is 104 Å². The van der Waals surface area contributed by atoms with Gasteiger partial charge in [-0.05, 0) is 24.6 Å². The molecule has 134 valence electrons. The standard InChI is InChI=1S/C15H22FN3O4S/c1-11(15(21)18-8-4-7-17-12(2)20)10-24(22,23)19-14-6-3-5-13(16)9-14/h3,5-6,9,11,19H,4,7-8,10H2,1-2H3,(H,17,20)(H,18,21). The second kappa shape index (κ2) is 9.21. The van der Waals surface area contributed by atoms with Gasteiger partial charge in [0.15, 0.2) is 0 Å². The first kappa shape index (κ1) is 19.9. The van der Waals surface area contributed by atoms with E-state index >= 15 is 0 Å². The molecule has 1 aromatic rings. The lowest BCUT2D eigenvalue weighted by Gasteiger charge is -2.14. The van der Waals surface area contributed by atoms with Gasteiger partial charge in [-0.3, -0.25) is 14.3 Å². The summed E-state index contributed by atoms with van der Waals surface area (Å²) in [6.45, 7) is 3.66. The Labute approximate surface area is 141 Å². The van der Waals surface area contributed by atoms with Gasteiger partial charge in [0.05, 0.1) is 17.4 Å². The molecule has 9 heteroatoms. The molecule has 0 aromatic heterocycles. The van der Waals surface area contributed by atoms with Gasteiger partial charge in [0.2, 0.25) is 21.8 Å². The zero-order valence-electron chi connectivity index (χ0n) is 13.6. The van der Waals surface area contributed by atoms with Gasteiger partial charge >= 0.3 is 0 Å². The number of carbonyl (C=O) groups is 2. The average molecular weight is 359 g/mol. The molecule has 1 aromatic carbocycles. The molecule has 0 bridgehead atoms. The summed E-state index contributed by atoms with van der Waals surface area (Å²) in [7, 11) is -3.78. The molecule has 1 unspecified atom stereocenters. The lowest BCUT2D eigenvalue weighted by molar-refractivity contribution is -0.123. The number of amides is 2. The van der Waals surface area contributed by atoms with Crippen molar-refractivity contribution in [3.63, 3.8) is 0 Å². The summed E-state index contributed by atoms with van der Waals surface area (Å²) >= 11 is 0. The minimum atomic E-state index is -3.78. The SMILES string of the molecule is CC(=O)NCCCNC(=O)C(C)CS(=O)(=O)Nc1cccc(F)c1. The van der Waals surface area contributed by atoms with Crippen LogP contribution in [0, 0.1) is 11.7 Å². The Morgan fingerprint density at radius 1 is 1.21 bits per heavy atom. The Hall–Kier alpha value is -2.16. The van der Waals surface area contributed by atoms with Gasteiger partial charge < -0.3 is 10.6 Å². The van der Waals surface area contributed by atoms with E-state index in [1.54, 1.807) is 0 Å². The molecule has 0 fully saturated rings. The van der Waals surface area contributed by atoms with E-state index < -0.39 is 33.4 Å². The van der Waals surface area contributed by atoms with Gasteiger partial charge in [-0.15, -0.1) is 0 Å². The van der Waals surface area contributed by atoms with Crippen LogP contribution in [0.25, 0.3) is 0 Å². The van der Waals surface area contributed by atoms with Crippen molar-refractivity contribution in [3.8, 4) is 0 Å². The number of sulfonamides is 1. The number of nitrogens with one attached hydrogen (secondary N) is 3. The van der Waals surface area contributed by atoms with Crippen LogP contribution >= 0.6 is 0 Å². The first-order valence-corrected chi connectivity index (χ1v) is 9.13. The molecule has 3 N–H and O–H groups in total. The van der Waals surface area contributed by atoms with Crippen LogP contribution < -0.4 is 15.4 Å². The maximum Gasteiger partial charge on any atom is 0.233 e. The van der Waals surface area contributed by atoms with Crippen LogP contribution in [0.4, 0.5) is 10.1 Å². The summed E-state index contributed by atoms with van der Waals surface area (Å²) < 4.78 is 39.3. The van der Waals surface area contributed by atoms with Crippen molar-refractivity contribution in [3.05, 3.63) is 30.1 Å². The van der Waals surface area contributed by atoms with E-state index in [9.17, 15) is 22.4 Å². The summed E-state index contributed by atoms with van der Waals surface area (Å²) in [5.74, 6) is -2.29. The third-order valence-electron chi connectivity index (χ3n) is 3.04. The summed E-state index contributed by atoms with van der Waals surface area (Å²) in [6.07, 6.45) is 0.548. The normalized spacial score (nSPS) is 12.3. The van der Waals surface area contributed by atoms with E-state index in [0.29, 0.717) is 19.5 Å². The summed E-state index contributed by atoms with van der Waals surface area (Å²) in [5, 5.41) is 5.20. The number of rotatable bonds is 9. The van der Waals surface area contributed by atoms with Crippen LogP contribution in [0.1, 0.15) is 20.3 Å². The minimum Gasteiger partial charge on any atom is -0.356 e. The third-order valence-corrected chi connectivity index (χ3v) is 4.53. The molecule has 0 heterocycles. The quantitative estimate of drug-likeness (QED) is 0.569. The molecule has 0 aliphatic carbocycles. The number of hydrogen-bond acceptors (Lipinski definition) is 4. The number of benzene rings is 1. The summed E-state index contributed by atoms with van der Waals surface area (Å²) in [4.78, 5) is 22.6. The first-order valence-electron chi connectivity index (χ1n) is 7.48. The fraction of sp³-hybridized carbons (Fsp3) is 0.467. The Morgan fingerprint density at radius 2 is 1.88 bits per heavy atom. The first-order chi connectivity index (χ1) is 11.2. The van der Waals surface area contributed by atoms with Gasteiger partial charge in [-0.2, -0.15) is 0 Å². The van der Waals surface area contributed by atoms with E-state index in [-0.39, 0.29) is 11.6 Å². The van der Waals surface area contributed by atoms with E-state index in [1.807, 2.05) is 0 Å². The van der Waals surface area contributed by atoms with Gasteiger partial charge in [0.1, 0.15) is 5.82 Å². The number of hydrogen-bond donors (Lipinski definition) is 3. The predicted molar refractivity (Wildman–Crippen MR) is 89.3 cm³/mol. The van der Waals surface area contributed by atoms with Crippen molar-refractivity contribution in [2.24, 2.45) is 5.92 Å². The van der Waals surface area contributed by atoms with E-state index in [0.717, 1.165) is 6.07 Å². The molecule has 24 heavy (non-hydrogen) atoms. The fourth-order valence-electron chi connectivity index (χ4n) is 1.92. The maximum absolute atomic E-state index is 13.1. The molecular formula is C15H22FN3O4S. The predicted octanol–water partition coefficient (Wildman–Crippen LogP) is 0.846. The smallest absolute Gasteiger partial charge is 0.233 e. The highest BCUT2D eigenvalue weighted by atomic mass is 32.2. The van der Waals surface area contributed by atoms with Crippen LogP contribution in [-0.4, -0.2) is 39.1 Å². The van der Waals surface area contributed by atoms with Crippen LogP contribution in [0.2, 0.25) is 0 Å². The monoisotopic (exact) mass is 359 g/mol. The molecule has 2 amide bonds. The second-order valence-corrected chi connectivity index (χ2v) is 7.19. The van der Waals surface area contributed by atoms with Crippen LogP contribution in [0.15, 0.2) is 24.3 Å². The van der Waals surface area contributed by atoms with E-state index in [1.165, 1.54) is 32.0 Å². The highest BCUT2D eigenvalue weighted by molar-refractivity contribution is 7.92. The molecule has 0 spiro atoms. The van der Waals surface area contributed by atoms with Crippen molar-refractivity contribution >= 4 is 27.5 Å². The van der Waals surface area contributed by atoms with Gasteiger partial charge in [-0.25, -0.2) is 12.8 Å². The van der Waals surface area contributed by atoms with Crippen LogP contribution in [0.3, 0.4) is 0 Å². The second-order valence-electron chi connectivity index (χ2n) is 5.42. The lowest BCUT2D eigenvalue weighted by atomic mass is 10.2. The Kier molecular flexibility index (Phi) is 7.63. The molecule has 0 aliphatic heterocycles.